The van der Waals surface area contributed by atoms with E-state index in [1.54, 1.807) is 18.2 Å². The maximum Gasteiger partial charge on any atom is 0.251 e. The lowest BCUT2D eigenvalue weighted by Crippen LogP contribution is -2.33. The summed E-state index contributed by atoms with van der Waals surface area (Å²) in [5, 5.41) is 6.11. The number of carbonyl (C=O) groups excluding carboxylic acids is 2. The van der Waals surface area contributed by atoms with Crippen molar-refractivity contribution < 1.29 is 14.0 Å². The zero-order chi connectivity index (χ0) is 19.4. The number of thiophene rings is 1. The van der Waals surface area contributed by atoms with E-state index in [4.69, 9.17) is 18.0 Å². The molecule has 5 nitrogen and oxygen atoms in total. The van der Waals surface area contributed by atoms with Crippen LogP contribution in [-0.2, 0) is 17.6 Å². The minimum atomic E-state index is -0.498. The summed E-state index contributed by atoms with van der Waals surface area (Å²) >= 11 is 6.63. The summed E-state index contributed by atoms with van der Waals surface area (Å²) in [6, 6.07) is 5.75. The highest BCUT2D eigenvalue weighted by Crippen LogP contribution is 2.37. The molecule has 140 valence electrons. The second-order valence-corrected chi connectivity index (χ2v) is 7.62. The number of fused-ring (bicyclic) bond motifs is 1. The van der Waals surface area contributed by atoms with Crippen molar-refractivity contribution in [1.29, 1.82) is 0 Å². The van der Waals surface area contributed by atoms with Crippen molar-refractivity contribution in [3.63, 3.8) is 0 Å². The fourth-order valence-electron chi connectivity index (χ4n) is 2.95. The molecule has 27 heavy (non-hydrogen) atoms. The summed E-state index contributed by atoms with van der Waals surface area (Å²) in [6.07, 6.45) is 6.71. The summed E-state index contributed by atoms with van der Waals surface area (Å²) in [5.74, 6) is -1.27. The van der Waals surface area contributed by atoms with Crippen molar-refractivity contribution in [3.8, 4) is 0 Å². The molecule has 0 fully saturated rings. The van der Waals surface area contributed by atoms with Crippen molar-refractivity contribution in [2.45, 2.75) is 25.7 Å². The molecule has 1 aromatic heterocycles. The van der Waals surface area contributed by atoms with Crippen LogP contribution in [0.3, 0.4) is 0 Å². The van der Waals surface area contributed by atoms with E-state index in [9.17, 15) is 14.0 Å². The second-order valence-electron chi connectivity index (χ2n) is 6.11. The van der Waals surface area contributed by atoms with E-state index in [0.29, 0.717) is 16.1 Å². The van der Waals surface area contributed by atoms with Crippen LogP contribution in [0.1, 0.15) is 39.2 Å². The Bertz CT molecular complexity index is 920. The van der Waals surface area contributed by atoms with Crippen molar-refractivity contribution in [3.05, 3.63) is 57.7 Å². The third-order valence-electron chi connectivity index (χ3n) is 4.18. The normalized spacial score (nSPS) is 13.2. The molecular formula is C19H18FN3O2S2. The molecule has 0 atom stereocenters. The van der Waals surface area contributed by atoms with Crippen LogP contribution >= 0.6 is 23.6 Å². The molecule has 1 aromatic carbocycles. The van der Waals surface area contributed by atoms with Gasteiger partial charge in [-0.2, -0.15) is 0 Å². The number of primary amides is 1. The number of carbonyl (C=O) groups is 2. The maximum absolute atomic E-state index is 12.9. The summed E-state index contributed by atoms with van der Waals surface area (Å²) < 4.78 is 12.9. The summed E-state index contributed by atoms with van der Waals surface area (Å²) in [5.41, 5.74) is 7.69. The van der Waals surface area contributed by atoms with Gasteiger partial charge in [0.25, 0.3) is 5.91 Å². The number of amides is 2. The molecule has 0 spiro atoms. The molecule has 0 bridgehead atoms. The van der Waals surface area contributed by atoms with E-state index in [0.717, 1.165) is 36.1 Å². The molecule has 4 N–H and O–H groups in total. The van der Waals surface area contributed by atoms with Crippen LogP contribution in [0.15, 0.2) is 30.3 Å². The SMILES string of the molecule is NC(=O)c1c(NC(=S)NC(=O)/C=C/c2ccc(F)cc2)sc2c1CCCC2. The van der Waals surface area contributed by atoms with E-state index >= 15 is 0 Å². The Labute approximate surface area is 165 Å². The lowest BCUT2D eigenvalue weighted by Gasteiger charge is -2.11. The molecule has 1 aliphatic carbocycles. The minimum absolute atomic E-state index is 0.0878. The number of hydrogen-bond acceptors (Lipinski definition) is 4. The topological polar surface area (TPSA) is 84.2 Å². The van der Waals surface area contributed by atoms with Gasteiger partial charge in [-0.15, -0.1) is 11.3 Å². The van der Waals surface area contributed by atoms with Crippen LogP contribution in [0.4, 0.5) is 9.39 Å². The lowest BCUT2D eigenvalue weighted by molar-refractivity contribution is -0.115. The van der Waals surface area contributed by atoms with E-state index in [-0.39, 0.29) is 10.9 Å². The van der Waals surface area contributed by atoms with Gasteiger partial charge in [-0.1, -0.05) is 12.1 Å². The van der Waals surface area contributed by atoms with Crippen LogP contribution in [0.5, 0.6) is 0 Å². The van der Waals surface area contributed by atoms with Crippen LogP contribution in [-0.4, -0.2) is 16.9 Å². The Kier molecular flexibility index (Phi) is 5.98. The summed E-state index contributed by atoms with van der Waals surface area (Å²) in [4.78, 5) is 25.0. The van der Waals surface area contributed by atoms with Gasteiger partial charge in [-0.05, 0) is 67.2 Å². The standard InChI is InChI=1S/C19H18FN3O2S2/c20-12-8-5-11(6-9-12)7-10-15(24)22-19(26)23-18-16(17(21)25)13-3-1-2-4-14(13)27-18/h5-10H,1-4H2,(H2,21,25)(H2,22,23,24,26)/b10-7+. The molecule has 0 radical (unpaired) electrons. The number of nitrogens with one attached hydrogen (secondary N) is 2. The number of aryl methyl sites for hydroxylation is 1. The van der Waals surface area contributed by atoms with Crippen LogP contribution < -0.4 is 16.4 Å². The number of hydrogen-bond donors (Lipinski definition) is 3. The monoisotopic (exact) mass is 403 g/mol. The quantitative estimate of drug-likeness (QED) is 0.540. The van der Waals surface area contributed by atoms with Crippen LogP contribution in [0, 0.1) is 5.82 Å². The van der Waals surface area contributed by atoms with Crippen molar-refractivity contribution in [2.75, 3.05) is 5.32 Å². The molecule has 0 saturated carbocycles. The van der Waals surface area contributed by atoms with Gasteiger partial charge < -0.3 is 11.1 Å². The second kappa shape index (κ2) is 8.41. The Hall–Kier alpha value is -2.58. The number of rotatable bonds is 4. The van der Waals surface area contributed by atoms with Crippen molar-refractivity contribution in [1.82, 2.24) is 5.32 Å². The highest BCUT2D eigenvalue weighted by atomic mass is 32.1. The molecule has 1 aliphatic rings. The molecule has 2 amide bonds. The Morgan fingerprint density at radius 3 is 2.59 bits per heavy atom. The summed E-state index contributed by atoms with van der Waals surface area (Å²) in [7, 11) is 0. The minimum Gasteiger partial charge on any atom is -0.365 e. The average Bonchev–Trinajstić information content (AvgIpc) is 2.99. The molecule has 2 aromatic rings. The first-order chi connectivity index (χ1) is 12.9. The average molecular weight is 404 g/mol. The number of halogens is 1. The Morgan fingerprint density at radius 1 is 1.19 bits per heavy atom. The van der Waals surface area contributed by atoms with Crippen LogP contribution in [0.25, 0.3) is 6.08 Å². The third kappa shape index (κ3) is 4.78. The van der Waals surface area contributed by atoms with Gasteiger partial charge in [0.1, 0.15) is 10.8 Å². The molecule has 0 saturated heterocycles. The Balaban J connectivity index is 1.65. The molecule has 3 rings (SSSR count). The van der Waals surface area contributed by atoms with Gasteiger partial charge in [-0.3, -0.25) is 14.9 Å². The predicted molar refractivity (Wildman–Crippen MR) is 109 cm³/mol. The van der Waals surface area contributed by atoms with E-state index in [2.05, 4.69) is 10.6 Å². The molecule has 8 heteroatoms. The van der Waals surface area contributed by atoms with Gasteiger partial charge in [0.15, 0.2) is 5.11 Å². The van der Waals surface area contributed by atoms with Gasteiger partial charge in [0, 0.05) is 11.0 Å². The van der Waals surface area contributed by atoms with E-state index < -0.39 is 11.8 Å². The first kappa shape index (κ1) is 19.2. The smallest absolute Gasteiger partial charge is 0.251 e. The zero-order valence-electron chi connectivity index (χ0n) is 14.4. The zero-order valence-corrected chi connectivity index (χ0v) is 16.0. The molecule has 1 heterocycles. The first-order valence-corrected chi connectivity index (χ1v) is 9.66. The van der Waals surface area contributed by atoms with Crippen molar-refractivity contribution >= 4 is 51.6 Å². The Morgan fingerprint density at radius 2 is 1.89 bits per heavy atom. The number of anilines is 1. The number of benzene rings is 1. The summed E-state index contributed by atoms with van der Waals surface area (Å²) in [6.45, 7) is 0. The first-order valence-electron chi connectivity index (χ1n) is 8.44. The fourth-order valence-corrected chi connectivity index (χ4v) is 4.51. The lowest BCUT2D eigenvalue weighted by atomic mass is 9.95. The van der Waals surface area contributed by atoms with Gasteiger partial charge in [0.05, 0.1) is 5.56 Å². The van der Waals surface area contributed by atoms with E-state index in [1.807, 2.05) is 0 Å². The number of thiocarbonyl (C=S) groups is 1. The van der Waals surface area contributed by atoms with Crippen LogP contribution in [0.2, 0.25) is 0 Å². The molecular weight excluding hydrogens is 385 g/mol. The van der Waals surface area contributed by atoms with Gasteiger partial charge in [-0.25, -0.2) is 4.39 Å². The predicted octanol–water partition coefficient (Wildman–Crippen LogP) is 3.39. The highest BCUT2D eigenvalue weighted by molar-refractivity contribution is 7.80. The molecule has 0 aliphatic heterocycles. The molecule has 0 unspecified atom stereocenters. The van der Waals surface area contributed by atoms with Gasteiger partial charge >= 0.3 is 0 Å². The van der Waals surface area contributed by atoms with Gasteiger partial charge in [0.2, 0.25) is 5.91 Å². The maximum atomic E-state index is 12.9. The van der Waals surface area contributed by atoms with Crippen molar-refractivity contribution in [2.24, 2.45) is 5.73 Å². The largest absolute Gasteiger partial charge is 0.365 e. The number of nitrogens with two attached hydrogens (primary N) is 1. The highest BCUT2D eigenvalue weighted by Gasteiger charge is 2.24. The fraction of sp³-hybridized carbons (Fsp3) is 0.211. The van der Waals surface area contributed by atoms with E-state index in [1.165, 1.54) is 29.5 Å². The third-order valence-corrected chi connectivity index (χ3v) is 5.59.